The number of anilines is 3. The van der Waals surface area contributed by atoms with E-state index in [2.05, 4.69) is 20.5 Å². The molecule has 1 aliphatic carbocycles. The number of hydrogen-bond acceptors (Lipinski definition) is 7. The van der Waals surface area contributed by atoms with Crippen LogP contribution < -0.4 is 15.8 Å². The summed E-state index contributed by atoms with van der Waals surface area (Å²) in [5, 5.41) is 10.4. The highest BCUT2D eigenvalue weighted by Crippen LogP contribution is 2.41. The van der Waals surface area contributed by atoms with Gasteiger partial charge in [-0.2, -0.15) is 14.9 Å². The van der Waals surface area contributed by atoms with Gasteiger partial charge in [0.05, 0.1) is 41.1 Å². The number of aromatic nitrogens is 5. The van der Waals surface area contributed by atoms with Crippen molar-refractivity contribution < 1.29 is 22.7 Å². The van der Waals surface area contributed by atoms with Crippen LogP contribution in [-0.4, -0.2) is 49.5 Å². The van der Waals surface area contributed by atoms with Gasteiger partial charge in [-0.15, -0.1) is 0 Å². The molecule has 1 fully saturated rings. The minimum atomic E-state index is -0.984. The Bertz CT molecular complexity index is 1820. The molecular weight excluding hydrogens is 539 g/mol. The molecule has 0 bridgehead atoms. The number of benzene rings is 1. The smallest absolute Gasteiger partial charge is 0.285 e. The fourth-order valence-corrected chi connectivity index (χ4v) is 4.85. The van der Waals surface area contributed by atoms with Crippen LogP contribution in [-0.2, 0) is 4.74 Å². The van der Waals surface area contributed by atoms with Crippen molar-refractivity contribution in [1.82, 2.24) is 24.4 Å². The lowest BCUT2D eigenvalue weighted by Gasteiger charge is -2.43. The van der Waals surface area contributed by atoms with E-state index in [-0.39, 0.29) is 23.7 Å². The van der Waals surface area contributed by atoms with E-state index in [9.17, 15) is 14.0 Å². The molecule has 208 valence electrons. The van der Waals surface area contributed by atoms with Gasteiger partial charge in [0.25, 0.3) is 11.5 Å². The first-order valence-electron chi connectivity index (χ1n) is 12.6. The lowest BCUT2D eigenvalue weighted by molar-refractivity contribution is 0.0278. The summed E-state index contributed by atoms with van der Waals surface area (Å²) in [5.74, 6) is -3.31. The standard InChI is InChI=1S/C28H22F3N7O3/c1-41-18-11-17(12-18)37(24-3-2-10-36-23(24)7-9-33-36)25-14-20(30)22(13-21(25)31)35-27(39)19-6-8-34-38(28(19)40)26-5-4-16(29)15-32-26/h2-10,13-15,17-18H,11-12H2,1H3,(H,35,39). The molecule has 1 N–H and O–H groups in total. The summed E-state index contributed by atoms with van der Waals surface area (Å²) in [7, 11) is 1.61. The maximum atomic E-state index is 15.7. The van der Waals surface area contributed by atoms with E-state index in [1.54, 1.807) is 47.1 Å². The summed E-state index contributed by atoms with van der Waals surface area (Å²) in [6.07, 6.45) is 6.63. The fourth-order valence-electron chi connectivity index (χ4n) is 4.85. The normalized spacial score (nSPS) is 16.4. The molecule has 13 heteroatoms. The maximum absolute atomic E-state index is 15.7. The molecule has 0 atom stereocenters. The molecule has 1 saturated carbocycles. The van der Waals surface area contributed by atoms with Gasteiger partial charge in [-0.1, -0.05) is 0 Å². The average Bonchev–Trinajstić information content (AvgIpc) is 3.43. The van der Waals surface area contributed by atoms with E-state index in [1.165, 1.54) is 12.3 Å². The highest BCUT2D eigenvalue weighted by atomic mass is 19.1. The topological polar surface area (TPSA) is 107 Å². The number of carbonyl (C=O) groups excluding carboxylic acids is 1. The van der Waals surface area contributed by atoms with Crippen molar-refractivity contribution in [1.29, 1.82) is 0 Å². The molecule has 1 amide bonds. The van der Waals surface area contributed by atoms with Crippen LogP contribution in [0.4, 0.5) is 30.2 Å². The highest BCUT2D eigenvalue weighted by Gasteiger charge is 2.37. The summed E-state index contributed by atoms with van der Waals surface area (Å²) >= 11 is 0. The molecule has 10 nitrogen and oxygen atoms in total. The van der Waals surface area contributed by atoms with Crippen molar-refractivity contribution in [3.8, 4) is 5.82 Å². The van der Waals surface area contributed by atoms with Gasteiger partial charge in [0, 0.05) is 37.7 Å². The quantitative estimate of drug-likeness (QED) is 0.317. The van der Waals surface area contributed by atoms with Gasteiger partial charge in [-0.05, 0) is 49.2 Å². The molecule has 0 spiro atoms. The first-order valence-corrected chi connectivity index (χ1v) is 12.6. The highest BCUT2D eigenvalue weighted by molar-refractivity contribution is 6.04. The van der Waals surface area contributed by atoms with Crippen molar-refractivity contribution in [3.05, 3.63) is 107 Å². The van der Waals surface area contributed by atoms with Crippen LogP contribution in [0.1, 0.15) is 23.2 Å². The van der Waals surface area contributed by atoms with Crippen LogP contribution in [0, 0.1) is 17.5 Å². The molecule has 5 aromatic rings. The van der Waals surface area contributed by atoms with Crippen LogP contribution in [0.3, 0.4) is 0 Å². The summed E-state index contributed by atoms with van der Waals surface area (Å²) in [5.41, 5.74) is -0.419. The third kappa shape index (κ3) is 4.80. The molecule has 0 aliphatic heterocycles. The number of fused-ring (bicyclic) bond motifs is 1. The molecule has 0 radical (unpaired) electrons. The Labute approximate surface area is 230 Å². The van der Waals surface area contributed by atoms with Gasteiger partial charge in [0.1, 0.15) is 23.0 Å². The molecule has 41 heavy (non-hydrogen) atoms. The van der Waals surface area contributed by atoms with Gasteiger partial charge >= 0.3 is 0 Å². The zero-order valence-corrected chi connectivity index (χ0v) is 21.5. The van der Waals surface area contributed by atoms with Gasteiger partial charge in [0.15, 0.2) is 5.82 Å². The Morgan fingerprint density at radius 3 is 2.59 bits per heavy atom. The van der Waals surface area contributed by atoms with Gasteiger partial charge in [0.2, 0.25) is 0 Å². The van der Waals surface area contributed by atoms with Crippen molar-refractivity contribution in [2.24, 2.45) is 0 Å². The minimum Gasteiger partial charge on any atom is -0.381 e. The number of ether oxygens (including phenoxy) is 1. The first kappa shape index (κ1) is 26.2. The largest absolute Gasteiger partial charge is 0.381 e. The second kappa shape index (κ2) is 10.5. The SMILES string of the molecule is COC1CC(N(c2cc(F)c(NC(=O)c3ccnn(-c4ccc(F)cn4)c3=O)cc2F)c2cccn3nccc23)C1. The van der Waals surface area contributed by atoms with Gasteiger partial charge in [-0.25, -0.2) is 22.7 Å². The molecule has 1 aromatic carbocycles. The lowest BCUT2D eigenvalue weighted by atomic mass is 9.87. The number of nitrogens with zero attached hydrogens (tertiary/aromatic N) is 6. The maximum Gasteiger partial charge on any atom is 0.285 e. The predicted molar refractivity (Wildman–Crippen MR) is 143 cm³/mol. The molecular formula is C28H22F3N7O3. The summed E-state index contributed by atoms with van der Waals surface area (Å²) in [4.78, 5) is 31.4. The van der Waals surface area contributed by atoms with Crippen LogP contribution in [0.2, 0.25) is 0 Å². The minimum absolute atomic E-state index is 0.00636. The van der Waals surface area contributed by atoms with E-state index in [0.717, 1.165) is 35.1 Å². The van der Waals surface area contributed by atoms with Crippen LogP contribution in [0.25, 0.3) is 11.3 Å². The summed E-state index contributed by atoms with van der Waals surface area (Å²) in [6, 6.07) is 10.5. The first-order chi connectivity index (χ1) is 19.8. The second-order valence-corrected chi connectivity index (χ2v) is 9.44. The Kier molecular flexibility index (Phi) is 6.71. The second-order valence-electron chi connectivity index (χ2n) is 9.44. The van der Waals surface area contributed by atoms with Crippen molar-refractivity contribution in [2.75, 3.05) is 17.3 Å². The van der Waals surface area contributed by atoms with Gasteiger partial charge < -0.3 is 15.0 Å². The molecule has 4 heterocycles. The van der Waals surface area contributed by atoms with E-state index < -0.39 is 40.2 Å². The summed E-state index contributed by atoms with van der Waals surface area (Å²) in [6.45, 7) is 0. The molecule has 0 saturated heterocycles. The lowest BCUT2D eigenvalue weighted by Crippen LogP contribution is -2.46. The van der Waals surface area contributed by atoms with Crippen LogP contribution in [0.15, 0.2) is 78.1 Å². The average molecular weight is 562 g/mol. The van der Waals surface area contributed by atoms with Crippen LogP contribution >= 0.6 is 0 Å². The third-order valence-electron chi connectivity index (χ3n) is 7.01. The number of methoxy groups -OCH3 is 1. The van der Waals surface area contributed by atoms with Crippen molar-refractivity contribution in [3.63, 3.8) is 0 Å². The number of rotatable bonds is 7. The molecule has 1 aliphatic rings. The van der Waals surface area contributed by atoms with E-state index >= 15 is 8.78 Å². The number of carbonyl (C=O) groups is 1. The Balaban J connectivity index is 1.33. The fraction of sp³-hybridized carbons (Fsp3) is 0.179. The van der Waals surface area contributed by atoms with Crippen molar-refractivity contribution in [2.45, 2.75) is 25.0 Å². The number of halogens is 3. The van der Waals surface area contributed by atoms with E-state index in [1.807, 2.05) is 0 Å². The number of amides is 1. The summed E-state index contributed by atoms with van der Waals surface area (Å²) < 4.78 is 52.3. The Morgan fingerprint density at radius 2 is 1.83 bits per heavy atom. The molecule has 6 rings (SSSR count). The molecule has 4 aromatic heterocycles. The number of hydrogen-bond donors (Lipinski definition) is 1. The monoisotopic (exact) mass is 561 g/mol. The number of pyridine rings is 2. The van der Waals surface area contributed by atoms with E-state index in [4.69, 9.17) is 4.74 Å². The number of nitrogens with one attached hydrogen (secondary N) is 1. The van der Waals surface area contributed by atoms with Gasteiger partial charge in [-0.3, -0.25) is 9.59 Å². The zero-order chi connectivity index (χ0) is 28.7. The molecule has 0 unspecified atom stereocenters. The van der Waals surface area contributed by atoms with Crippen molar-refractivity contribution >= 4 is 28.5 Å². The van der Waals surface area contributed by atoms with Crippen LogP contribution in [0.5, 0.6) is 0 Å². The Hall–Kier alpha value is -5.04. The van der Waals surface area contributed by atoms with E-state index in [0.29, 0.717) is 24.0 Å². The third-order valence-corrected chi connectivity index (χ3v) is 7.01. The Morgan fingerprint density at radius 1 is 1.02 bits per heavy atom. The zero-order valence-electron chi connectivity index (χ0n) is 21.5. The predicted octanol–water partition coefficient (Wildman–Crippen LogP) is 4.26.